The lowest BCUT2D eigenvalue weighted by Gasteiger charge is -2.32. The molecular weight excluding hydrogens is 624 g/mol. The van der Waals surface area contributed by atoms with Crippen LogP contribution in [0.3, 0.4) is 0 Å². The predicted octanol–water partition coefficient (Wildman–Crippen LogP) is 6.47. The van der Waals surface area contributed by atoms with E-state index < -0.39 is 6.09 Å². The van der Waals surface area contributed by atoms with Crippen LogP contribution in [0.1, 0.15) is 23.1 Å². The van der Waals surface area contributed by atoms with Gasteiger partial charge in [0.15, 0.2) is 11.5 Å². The van der Waals surface area contributed by atoms with Gasteiger partial charge >= 0.3 is 6.09 Å². The van der Waals surface area contributed by atoms with E-state index in [0.717, 1.165) is 55.8 Å². The van der Waals surface area contributed by atoms with Gasteiger partial charge in [-0.2, -0.15) is 4.98 Å². The lowest BCUT2D eigenvalue weighted by molar-refractivity contribution is 0.145. The van der Waals surface area contributed by atoms with Gasteiger partial charge in [-0.1, -0.05) is 12.1 Å². The first-order valence-corrected chi connectivity index (χ1v) is 16.3. The van der Waals surface area contributed by atoms with Gasteiger partial charge in [0.25, 0.3) is 0 Å². The van der Waals surface area contributed by atoms with E-state index in [1.807, 2.05) is 37.3 Å². The molecule has 1 aliphatic rings. The monoisotopic (exact) mass is 670 g/mol. The van der Waals surface area contributed by atoms with Crippen LogP contribution in [0.25, 0.3) is 11.3 Å². The van der Waals surface area contributed by atoms with E-state index in [9.17, 15) is 4.79 Å². The second kappa shape index (κ2) is 16.4. The topological polar surface area (TPSA) is 120 Å². The van der Waals surface area contributed by atoms with Crippen molar-refractivity contribution in [1.29, 1.82) is 0 Å². The van der Waals surface area contributed by atoms with Crippen molar-refractivity contribution in [3.05, 3.63) is 71.3 Å². The van der Waals surface area contributed by atoms with E-state index in [0.29, 0.717) is 46.7 Å². The van der Waals surface area contributed by atoms with Crippen molar-refractivity contribution in [2.75, 3.05) is 78.3 Å². The van der Waals surface area contributed by atoms with E-state index in [1.165, 1.54) is 12.7 Å². The zero-order valence-corrected chi connectivity index (χ0v) is 29.4. The molecule has 0 aliphatic carbocycles. The lowest BCUT2D eigenvalue weighted by atomic mass is 9.97. The second-order valence-corrected chi connectivity index (χ2v) is 12.0. The summed E-state index contributed by atoms with van der Waals surface area (Å²) in [7, 11) is 6.84. The number of piperazine rings is 1. The van der Waals surface area contributed by atoms with Gasteiger partial charge in [-0.15, -0.1) is 0 Å². The number of nitrogens with one attached hydrogen (secondary N) is 2. The highest BCUT2D eigenvalue weighted by atomic mass is 16.6. The second-order valence-electron chi connectivity index (χ2n) is 12.0. The van der Waals surface area contributed by atoms with Crippen LogP contribution in [-0.2, 0) is 0 Å². The number of carbonyl (C=O) groups excluding carboxylic acids is 1. The van der Waals surface area contributed by atoms with Crippen molar-refractivity contribution in [2.24, 2.45) is 0 Å². The van der Waals surface area contributed by atoms with Gasteiger partial charge in [-0.05, 0) is 75.2 Å². The average molecular weight is 671 g/mol. The quantitative estimate of drug-likeness (QED) is 0.153. The number of benzene rings is 3. The molecule has 2 N–H and O–H groups in total. The van der Waals surface area contributed by atoms with Crippen LogP contribution in [0, 0.1) is 20.8 Å². The van der Waals surface area contributed by atoms with Crippen molar-refractivity contribution in [2.45, 2.75) is 27.2 Å². The van der Waals surface area contributed by atoms with Crippen LogP contribution in [0.5, 0.6) is 28.9 Å². The molecule has 1 aliphatic heterocycles. The fourth-order valence-corrected chi connectivity index (χ4v) is 5.57. The van der Waals surface area contributed by atoms with Crippen molar-refractivity contribution >= 4 is 23.4 Å². The largest absolute Gasteiger partial charge is 0.497 e. The van der Waals surface area contributed by atoms with E-state index in [2.05, 4.69) is 46.3 Å². The van der Waals surface area contributed by atoms with Crippen molar-refractivity contribution < 1.29 is 28.5 Å². The normalized spacial score (nSPS) is 13.4. The molecule has 0 unspecified atom stereocenters. The third kappa shape index (κ3) is 9.09. The van der Waals surface area contributed by atoms with Gasteiger partial charge < -0.3 is 38.8 Å². The highest BCUT2D eigenvalue weighted by Gasteiger charge is 2.17. The number of rotatable bonds is 13. The number of aryl methyl sites for hydroxylation is 1. The molecule has 0 spiro atoms. The molecule has 12 heteroatoms. The number of carbonyl (C=O) groups is 1. The molecule has 260 valence electrons. The number of ether oxygens (including phenoxy) is 5. The molecule has 5 rings (SSSR count). The minimum atomic E-state index is -0.744. The summed E-state index contributed by atoms with van der Waals surface area (Å²) in [5.74, 6) is 2.54. The van der Waals surface area contributed by atoms with Gasteiger partial charge in [-0.25, -0.2) is 9.78 Å². The number of hydrogen-bond acceptors (Lipinski definition) is 11. The Kier molecular flexibility index (Phi) is 11.8. The zero-order valence-electron chi connectivity index (χ0n) is 29.4. The third-order valence-electron chi connectivity index (χ3n) is 8.77. The van der Waals surface area contributed by atoms with Crippen molar-refractivity contribution in [1.82, 2.24) is 19.8 Å². The molecule has 49 heavy (non-hydrogen) atoms. The van der Waals surface area contributed by atoms with Crippen LogP contribution in [0.4, 0.5) is 22.1 Å². The smallest absolute Gasteiger partial charge is 0.418 e. The molecule has 1 amide bonds. The Morgan fingerprint density at radius 1 is 0.816 bits per heavy atom. The van der Waals surface area contributed by atoms with Gasteiger partial charge in [0, 0.05) is 62.2 Å². The van der Waals surface area contributed by atoms with Crippen LogP contribution in [0.15, 0.2) is 54.6 Å². The Morgan fingerprint density at radius 2 is 1.59 bits per heavy atom. The summed E-state index contributed by atoms with van der Waals surface area (Å²) in [6, 6.07) is 16.3. The molecule has 4 aromatic rings. The summed E-state index contributed by atoms with van der Waals surface area (Å²) in [5, 5.41) is 5.98. The predicted molar refractivity (Wildman–Crippen MR) is 191 cm³/mol. The molecule has 0 radical (unpaired) electrons. The Morgan fingerprint density at radius 3 is 2.33 bits per heavy atom. The number of hydrogen-bond donors (Lipinski definition) is 2. The number of methoxy groups -OCH3 is 3. The maximum Gasteiger partial charge on any atom is 0.418 e. The highest BCUT2D eigenvalue weighted by Crippen LogP contribution is 2.34. The summed E-state index contributed by atoms with van der Waals surface area (Å²) in [6.07, 6.45) is 0.180. The number of aromatic nitrogens is 2. The molecule has 12 nitrogen and oxygen atoms in total. The number of anilines is 3. The lowest BCUT2D eigenvalue weighted by Crippen LogP contribution is -2.44. The highest BCUT2D eigenvalue weighted by molar-refractivity contribution is 5.88. The first kappa shape index (κ1) is 35.2. The molecule has 1 fully saturated rings. The summed E-state index contributed by atoms with van der Waals surface area (Å²) in [4.78, 5) is 27.2. The zero-order chi connectivity index (χ0) is 34.9. The maximum absolute atomic E-state index is 13.1. The standard InChI is InChI=1S/C37H46N6O6/c1-24-9-12-29(26(3)25(24)2)31-23-35(49-37(44)40-30-13-11-28(45-5)22-33(30)46-6)41-36(39-31)38-27-10-14-32(34(21-27)47-7)48-20-8-15-43-18-16-42(4)17-19-43/h9-14,21-23H,8,15-20H2,1-7H3,(H,40,44)(H,38,39,41). The van der Waals surface area contributed by atoms with Gasteiger partial charge in [-0.3, -0.25) is 5.32 Å². The van der Waals surface area contributed by atoms with Gasteiger partial charge in [0.2, 0.25) is 11.8 Å². The molecule has 0 atom stereocenters. The van der Waals surface area contributed by atoms with E-state index in [1.54, 1.807) is 38.5 Å². The number of nitrogens with zero attached hydrogens (tertiary/aromatic N) is 4. The Hall–Kier alpha value is -5.07. The number of likely N-dealkylation sites (N-methyl/N-ethyl adjacent to an activating group) is 1. The van der Waals surface area contributed by atoms with E-state index in [4.69, 9.17) is 28.7 Å². The molecule has 1 aromatic heterocycles. The molecule has 3 aromatic carbocycles. The Labute approximate surface area is 288 Å². The van der Waals surface area contributed by atoms with Crippen LogP contribution >= 0.6 is 0 Å². The molecule has 0 bridgehead atoms. The average Bonchev–Trinajstić information content (AvgIpc) is 3.10. The van der Waals surface area contributed by atoms with Crippen LogP contribution < -0.4 is 34.3 Å². The summed E-state index contributed by atoms with van der Waals surface area (Å²) in [5.41, 5.74) is 5.98. The summed E-state index contributed by atoms with van der Waals surface area (Å²) in [6.45, 7) is 12.1. The van der Waals surface area contributed by atoms with E-state index >= 15 is 0 Å². The summed E-state index contributed by atoms with van der Waals surface area (Å²) < 4.78 is 28.1. The fraction of sp³-hybridized carbons (Fsp3) is 0.378. The number of amides is 1. The fourth-order valence-electron chi connectivity index (χ4n) is 5.57. The molecule has 1 saturated heterocycles. The molecule has 2 heterocycles. The van der Waals surface area contributed by atoms with Crippen LogP contribution in [0.2, 0.25) is 0 Å². The minimum Gasteiger partial charge on any atom is -0.497 e. The van der Waals surface area contributed by atoms with Crippen molar-refractivity contribution in [3.8, 4) is 40.1 Å². The SMILES string of the molecule is COc1ccc(NC(=O)Oc2cc(-c3ccc(C)c(C)c3C)nc(Nc3ccc(OCCCN4CCN(C)CC4)c(OC)c3)n2)c(OC)c1. The van der Waals surface area contributed by atoms with E-state index in [-0.39, 0.29) is 11.8 Å². The van der Waals surface area contributed by atoms with Gasteiger partial charge in [0.1, 0.15) is 11.5 Å². The minimum absolute atomic E-state index is 0.0578. The Bertz CT molecular complexity index is 1760. The van der Waals surface area contributed by atoms with Gasteiger partial charge in [0.05, 0.1) is 39.3 Å². The first-order chi connectivity index (χ1) is 23.7. The first-order valence-electron chi connectivity index (χ1n) is 16.3. The van der Waals surface area contributed by atoms with Crippen LogP contribution in [-0.4, -0.2) is 93.6 Å². The molecule has 0 saturated carbocycles. The summed E-state index contributed by atoms with van der Waals surface area (Å²) >= 11 is 0. The Balaban J connectivity index is 1.34. The third-order valence-corrected chi connectivity index (χ3v) is 8.77. The molecular formula is C37H46N6O6. The van der Waals surface area contributed by atoms with Crippen molar-refractivity contribution in [3.63, 3.8) is 0 Å². The maximum atomic E-state index is 13.1.